The van der Waals surface area contributed by atoms with E-state index in [-0.39, 0.29) is 5.91 Å². The van der Waals surface area contributed by atoms with E-state index in [9.17, 15) is 9.00 Å². The van der Waals surface area contributed by atoms with E-state index in [1.165, 1.54) is 0 Å². The fourth-order valence-electron chi connectivity index (χ4n) is 3.90. The smallest absolute Gasteiger partial charge is 0.256 e. The average molecular weight is 449 g/mol. The summed E-state index contributed by atoms with van der Waals surface area (Å²) >= 11 is 6.26. The summed E-state index contributed by atoms with van der Waals surface area (Å²) in [6, 6.07) is 9.17. The van der Waals surface area contributed by atoms with Crippen LogP contribution < -0.4 is 9.64 Å². The molecule has 2 aliphatic rings. The van der Waals surface area contributed by atoms with E-state index >= 15 is 0 Å². The lowest BCUT2D eigenvalue weighted by Crippen LogP contribution is -2.38. The number of hydrogen-bond acceptors (Lipinski definition) is 5. The van der Waals surface area contributed by atoms with Gasteiger partial charge in [0, 0.05) is 43.0 Å². The SMILES string of the molecule is C=S(C)(=O)c1ccc(N2CCOCC2)c(C(=O)N2Cc3cc(Cl)c(OC)cc3C2)c1. The first-order valence-electron chi connectivity index (χ1n) is 9.71. The van der Waals surface area contributed by atoms with Gasteiger partial charge in [-0.25, -0.2) is 0 Å². The number of ether oxygens (including phenoxy) is 2. The molecule has 30 heavy (non-hydrogen) atoms. The van der Waals surface area contributed by atoms with Crippen LogP contribution in [0.25, 0.3) is 0 Å². The predicted octanol–water partition coefficient (Wildman–Crippen LogP) is 3.05. The Hall–Kier alpha value is -2.22. The molecule has 0 aliphatic carbocycles. The first-order chi connectivity index (χ1) is 14.3. The molecule has 2 aromatic carbocycles. The lowest BCUT2D eigenvalue weighted by atomic mass is 10.1. The number of anilines is 1. The molecule has 0 saturated carbocycles. The minimum atomic E-state index is -2.45. The molecule has 1 saturated heterocycles. The van der Waals surface area contributed by atoms with Crippen LogP contribution in [-0.2, 0) is 27.3 Å². The number of methoxy groups -OCH3 is 1. The monoisotopic (exact) mass is 448 g/mol. The van der Waals surface area contributed by atoms with Gasteiger partial charge < -0.3 is 19.3 Å². The summed E-state index contributed by atoms with van der Waals surface area (Å²) in [6.45, 7) is 3.58. The molecule has 2 aliphatic heterocycles. The zero-order valence-electron chi connectivity index (χ0n) is 17.2. The van der Waals surface area contributed by atoms with Gasteiger partial charge in [0.2, 0.25) is 0 Å². The highest BCUT2D eigenvalue weighted by Gasteiger charge is 2.29. The number of hydrogen-bond donors (Lipinski definition) is 0. The summed E-state index contributed by atoms with van der Waals surface area (Å²) in [5, 5.41) is 0.532. The number of amides is 1. The fourth-order valence-corrected chi connectivity index (χ4v) is 4.89. The highest BCUT2D eigenvalue weighted by molar-refractivity contribution is 7.99. The van der Waals surface area contributed by atoms with Gasteiger partial charge in [0.25, 0.3) is 5.91 Å². The molecule has 0 spiro atoms. The van der Waals surface area contributed by atoms with Crippen LogP contribution in [0, 0.1) is 0 Å². The van der Waals surface area contributed by atoms with Crippen LogP contribution in [0.2, 0.25) is 5.02 Å². The molecule has 8 heteroatoms. The van der Waals surface area contributed by atoms with Crippen molar-refractivity contribution in [3.8, 4) is 5.75 Å². The van der Waals surface area contributed by atoms with Crippen molar-refractivity contribution >= 4 is 38.6 Å². The zero-order chi connectivity index (χ0) is 21.5. The van der Waals surface area contributed by atoms with E-state index < -0.39 is 9.52 Å². The molecule has 0 aromatic heterocycles. The maximum atomic E-state index is 13.6. The largest absolute Gasteiger partial charge is 0.495 e. The van der Waals surface area contributed by atoms with Crippen molar-refractivity contribution in [3.63, 3.8) is 0 Å². The summed E-state index contributed by atoms with van der Waals surface area (Å²) < 4.78 is 23.3. The molecule has 6 nitrogen and oxygen atoms in total. The Morgan fingerprint density at radius 2 is 1.83 bits per heavy atom. The fraction of sp³-hybridized carbons (Fsp3) is 0.364. The van der Waals surface area contributed by atoms with Crippen molar-refractivity contribution in [3.05, 3.63) is 52.0 Å². The molecular weight excluding hydrogens is 424 g/mol. The number of fused-ring (bicyclic) bond motifs is 1. The van der Waals surface area contributed by atoms with Crippen LogP contribution >= 0.6 is 11.6 Å². The number of nitrogens with zero attached hydrogens (tertiary/aromatic N) is 2. The van der Waals surface area contributed by atoms with Crippen LogP contribution in [0.5, 0.6) is 5.75 Å². The molecular formula is C22H25ClN2O4S. The molecule has 2 aromatic rings. The van der Waals surface area contributed by atoms with Gasteiger partial charge in [0.15, 0.2) is 0 Å². The van der Waals surface area contributed by atoms with Gasteiger partial charge in [-0.1, -0.05) is 11.6 Å². The number of carbonyl (C=O) groups is 1. The van der Waals surface area contributed by atoms with E-state index in [0.29, 0.717) is 60.6 Å². The molecule has 0 N–H and O–H groups in total. The third-order valence-corrected chi connectivity index (χ3v) is 7.08. The molecule has 2 heterocycles. The molecule has 160 valence electrons. The van der Waals surface area contributed by atoms with Gasteiger partial charge in [-0.3, -0.25) is 9.00 Å². The van der Waals surface area contributed by atoms with Gasteiger partial charge in [-0.15, -0.1) is 0 Å². The number of benzene rings is 2. The number of rotatable bonds is 4. The van der Waals surface area contributed by atoms with Gasteiger partial charge in [-0.05, 0) is 56.9 Å². The summed E-state index contributed by atoms with van der Waals surface area (Å²) in [5.74, 6) is 4.28. The Labute approximate surface area is 182 Å². The minimum absolute atomic E-state index is 0.103. The molecule has 1 unspecified atom stereocenters. The highest BCUT2D eigenvalue weighted by Crippen LogP contribution is 2.35. The molecule has 1 fully saturated rings. The summed E-state index contributed by atoms with van der Waals surface area (Å²) in [4.78, 5) is 18.1. The van der Waals surface area contributed by atoms with Crippen LogP contribution in [0.15, 0.2) is 35.2 Å². The van der Waals surface area contributed by atoms with Crippen molar-refractivity contribution in [1.82, 2.24) is 4.90 Å². The van der Waals surface area contributed by atoms with E-state index in [1.54, 1.807) is 30.4 Å². The van der Waals surface area contributed by atoms with Gasteiger partial charge in [-0.2, -0.15) is 0 Å². The topological polar surface area (TPSA) is 59.1 Å². The maximum Gasteiger partial charge on any atom is 0.256 e. The van der Waals surface area contributed by atoms with Crippen molar-refractivity contribution in [2.75, 3.05) is 44.6 Å². The van der Waals surface area contributed by atoms with E-state index in [1.807, 2.05) is 18.2 Å². The molecule has 1 atom stereocenters. The predicted molar refractivity (Wildman–Crippen MR) is 121 cm³/mol. The van der Waals surface area contributed by atoms with Crippen LogP contribution in [0.4, 0.5) is 5.69 Å². The third-order valence-electron chi connectivity index (χ3n) is 5.53. The first kappa shape index (κ1) is 21.0. The number of morpholine rings is 1. The van der Waals surface area contributed by atoms with Crippen molar-refractivity contribution in [1.29, 1.82) is 0 Å². The lowest BCUT2D eigenvalue weighted by molar-refractivity contribution is 0.0750. The van der Waals surface area contributed by atoms with E-state index in [0.717, 1.165) is 16.8 Å². The Morgan fingerprint density at radius 1 is 1.17 bits per heavy atom. The van der Waals surface area contributed by atoms with Crippen molar-refractivity contribution in [2.45, 2.75) is 18.0 Å². The van der Waals surface area contributed by atoms with Gasteiger partial charge in [0.05, 0.1) is 30.9 Å². The van der Waals surface area contributed by atoms with E-state index in [2.05, 4.69) is 10.8 Å². The molecule has 1 amide bonds. The summed E-state index contributed by atoms with van der Waals surface area (Å²) in [5.41, 5.74) is 3.40. The van der Waals surface area contributed by atoms with Gasteiger partial charge in [0.1, 0.15) is 5.75 Å². The first-order valence-corrected chi connectivity index (χ1v) is 12.2. The third kappa shape index (κ3) is 4.02. The number of halogens is 1. The van der Waals surface area contributed by atoms with Crippen LogP contribution in [0.1, 0.15) is 21.5 Å². The summed E-state index contributed by atoms with van der Waals surface area (Å²) in [6.07, 6.45) is 1.59. The second-order valence-electron chi connectivity index (χ2n) is 7.70. The quantitative estimate of drug-likeness (QED) is 0.673. The molecule has 0 radical (unpaired) electrons. The second-order valence-corrected chi connectivity index (χ2v) is 10.6. The minimum Gasteiger partial charge on any atom is -0.495 e. The summed E-state index contributed by atoms with van der Waals surface area (Å²) in [7, 11) is -0.870. The number of carbonyl (C=O) groups excluding carboxylic acids is 1. The Bertz CT molecular complexity index is 1090. The molecule has 4 rings (SSSR count). The van der Waals surface area contributed by atoms with E-state index in [4.69, 9.17) is 21.1 Å². The normalized spacial score (nSPS) is 18.1. The maximum absolute atomic E-state index is 13.6. The standard InChI is InChI=1S/C22H25ClN2O4S/c1-28-21-11-16-14-25(13-15(16)10-19(21)23)22(26)18-12-17(30(2,3)27)4-5-20(18)24-6-8-29-9-7-24/h4-5,10-12H,2,6-9,13-14H2,1,3H3. The van der Waals surface area contributed by atoms with Crippen molar-refractivity contribution in [2.24, 2.45) is 0 Å². The zero-order valence-corrected chi connectivity index (χ0v) is 18.7. The molecule has 0 bridgehead atoms. The van der Waals surface area contributed by atoms with Crippen LogP contribution in [-0.4, -0.2) is 60.6 Å². The Morgan fingerprint density at radius 3 is 2.47 bits per heavy atom. The highest BCUT2D eigenvalue weighted by atomic mass is 35.5. The lowest BCUT2D eigenvalue weighted by Gasteiger charge is -2.31. The van der Waals surface area contributed by atoms with Crippen LogP contribution in [0.3, 0.4) is 0 Å². The Kier molecular flexibility index (Phi) is 5.70. The van der Waals surface area contributed by atoms with Crippen molar-refractivity contribution < 1.29 is 18.5 Å². The average Bonchev–Trinajstić information content (AvgIpc) is 3.14. The van der Waals surface area contributed by atoms with Gasteiger partial charge >= 0.3 is 0 Å². The second kappa shape index (κ2) is 8.13. The Balaban J connectivity index is 1.70.